The summed E-state index contributed by atoms with van der Waals surface area (Å²) in [6, 6.07) is 6.90. The highest BCUT2D eigenvalue weighted by Gasteiger charge is 2.21. The SMILES string of the molecule is CCNC(C)C(Cc1ccc(C)cc1Cl)C(C)C. The number of nitrogens with one attached hydrogen (secondary N) is 1. The van der Waals surface area contributed by atoms with Crippen molar-refractivity contribution in [3.63, 3.8) is 0 Å². The summed E-state index contributed by atoms with van der Waals surface area (Å²) in [6.07, 6.45) is 1.05. The molecule has 1 rings (SSSR count). The van der Waals surface area contributed by atoms with Crippen molar-refractivity contribution in [2.75, 3.05) is 6.54 Å². The minimum Gasteiger partial charge on any atom is -0.314 e. The average Bonchev–Trinajstić information content (AvgIpc) is 2.27. The van der Waals surface area contributed by atoms with Gasteiger partial charge >= 0.3 is 0 Å². The fraction of sp³-hybridized carbons (Fsp3) is 0.625. The number of benzene rings is 1. The van der Waals surface area contributed by atoms with Gasteiger partial charge in [-0.3, -0.25) is 0 Å². The maximum Gasteiger partial charge on any atom is 0.0440 e. The lowest BCUT2D eigenvalue weighted by Gasteiger charge is -2.28. The molecule has 0 saturated carbocycles. The van der Waals surface area contributed by atoms with Crippen LogP contribution in [0.4, 0.5) is 0 Å². The normalized spacial score (nSPS) is 14.8. The lowest BCUT2D eigenvalue weighted by molar-refractivity contribution is 0.292. The van der Waals surface area contributed by atoms with Crippen molar-refractivity contribution < 1.29 is 0 Å². The van der Waals surface area contributed by atoms with Crippen LogP contribution < -0.4 is 5.32 Å². The fourth-order valence-corrected chi connectivity index (χ4v) is 2.85. The van der Waals surface area contributed by atoms with Gasteiger partial charge in [0.05, 0.1) is 0 Å². The molecule has 0 spiro atoms. The molecule has 18 heavy (non-hydrogen) atoms. The zero-order valence-electron chi connectivity index (χ0n) is 12.3. The van der Waals surface area contributed by atoms with Gasteiger partial charge in [-0.1, -0.05) is 44.5 Å². The standard InChI is InChI=1S/C16H26ClN/c1-6-18-13(5)15(11(2)3)10-14-8-7-12(4)9-16(14)17/h7-9,11,13,15,18H,6,10H2,1-5H3. The molecule has 0 fully saturated rings. The first kappa shape index (κ1) is 15.5. The molecule has 102 valence electrons. The van der Waals surface area contributed by atoms with E-state index in [1.165, 1.54) is 11.1 Å². The van der Waals surface area contributed by atoms with E-state index in [0.717, 1.165) is 18.0 Å². The maximum atomic E-state index is 6.34. The van der Waals surface area contributed by atoms with Gasteiger partial charge in [-0.05, 0) is 55.8 Å². The highest BCUT2D eigenvalue weighted by atomic mass is 35.5. The molecule has 0 saturated heterocycles. The Bertz CT molecular complexity index is 373. The summed E-state index contributed by atoms with van der Waals surface area (Å²) in [7, 11) is 0. The molecule has 1 nitrogen and oxygen atoms in total. The van der Waals surface area contributed by atoms with Crippen LogP contribution in [0.3, 0.4) is 0 Å². The van der Waals surface area contributed by atoms with E-state index in [9.17, 15) is 0 Å². The van der Waals surface area contributed by atoms with Crippen LogP contribution in [0.25, 0.3) is 0 Å². The largest absolute Gasteiger partial charge is 0.314 e. The molecule has 1 N–H and O–H groups in total. The first-order valence-corrected chi connectivity index (χ1v) is 7.31. The molecule has 0 aliphatic rings. The summed E-state index contributed by atoms with van der Waals surface area (Å²) < 4.78 is 0. The third kappa shape index (κ3) is 4.29. The monoisotopic (exact) mass is 267 g/mol. The Morgan fingerprint density at radius 1 is 1.22 bits per heavy atom. The third-order valence-corrected chi connectivity index (χ3v) is 4.04. The molecule has 1 aromatic carbocycles. The van der Waals surface area contributed by atoms with E-state index in [4.69, 9.17) is 11.6 Å². The average molecular weight is 268 g/mol. The molecule has 2 heteroatoms. The molecule has 0 aliphatic carbocycles. The van der Waals surface area contributed by atoms with Crippen LogP contribution in [0.15, 0.2) is 18.2 Å². The quantitative estimate of drug-likeness (QED) is 0.802. The van der Waals surface area contributed by atoms with E-state index in [-0.39, 0.29) is 0 Å². The van der Waals surface area contributed by atoms with E-state index in [2.05, 4.69) is 58.1 Å². The molecular formula is C16H26ClN. The predicted octanol–water partition coefficient (Wildman–Crippen LogP) is 4.46. The lowest BCUT2D eigenvalue weighted by atomic mass is 9.84. The highest BCUT2D eigenvalue weighted by molar-refractivity contribution is 6.31. The van der Waals surface area contributed by atoms with Gasteiger partial charge in [0.25, 0.3) is 0 Å². The van der Waals surface area contributed by atoms with E-state index in [1.54, 1.807) is 0 Å². The summed E-state index contributed by atoms with van der Waals surface area (Å²) >= 11 is 6.34. The van der Waals surface area contributed by atoms with Crippen LogP contribution in [0, 0.1) is 18.8 Å². The second-order valence-corrected chi connectivity index (χ2v) is 5.96. The van der Waals surface area contributed by atoms with E-state index in [0.29, 0.717) is 17.9 Å². The Kier molecular flexibility index (Phi) is 6.17. The van der Waals surface area contributed by atoms with Gasteiger partial charge in [0, 0.05) is 11.1 Å². The Labute approximate surface area is 117 Å². The highest BCUT2D eigenvalue weighted by Crippen LogP contribution is 2.26. The van der Waals surface area contributed by atoms with Crippen LogP contribution in [0.1, 0.15) is 38.8 Å². The maximum absolute atomic E-state index is 6.34. The van der Waals surface area contributed by atoms with Gasteiger partial charge in [0.2, 0.25) is 0 Å². The lowest BCUT2D eigenvalue weighted by Crippen LogP contribution is -2.37. The third-order valence-electron chi connectivity index (χ3n) is 3.69. The Morgan fingerprint density at radius 3 is 2.39 bits per heavy atom. The predicted molar refractivity (Wildman–Crippen MR) is 81.4 cm³/mol. The van der Waals surface area contributed by atoms with Crippen molar-refractivity contribution >= 4 is 11.6 Å². The number of rotatable bonds is 6. The number of aryl methyl sites for hydroxylation is 1. The van der Waals surface area contributed by atoms with Crippen LogP contribution in [-0.4, -0.2) is 12.6 Å². The van der Waals surface area contributed by atoms with Gasteiger partial charge in [-0.15, -0.1) is 0 Å². The summed E-state index contributed by atoms with van der Waals surface area (Å²) in [6.45, 7) is 12.1. The number of halogens is 1. The van der Waals surface area contributed by atoms with Crippen molar-refractivity contribution in [1.29, 1.82) is 0 Å². The molecule has 0 radical (unpaired) electrons. The van der Waals surface area contributed by atoms with Crippen LogP contribution in [-0.2, 0) is 6.42 Å². The van der Waals surface area contributed by atoms with Gasteiger partial charge in [0.1, 0.15) is 0 Å². The molecular weight excluding hydrogens is 242 g/mol. The smallest absolute Gasteiger partial charge is 0.0440 e. The molecule has 0 heterocycles. The second kappa shape index (κ2) is 7.16. The number of hydrogen-bond acceptors (Lipinski definition) is 1. The fourth-order valence-electron chi connectivity index (χ4n) is 2.54. The summed E-state index contributed by atoms with van der Waals surface area (Å²) in [5.41, 5.74) is 2.50. The Balaban J connectivity index is 2.83. The Hall–Kier alpha value is -0.530. The zero-order valence-corrected chi connectivity index (χ0v) is 13.0. The molecule has 1 aromatic rings. The van der Waals surface area contributed by atoms with Gasteiger partial charge < -0.3 is 5.32 Å². The van der Waals surface area contributed by atoms with Crippen molar-refractivity contribution in [2.45, 2.75) is 47.1 Å². The van der Waals surface area contributed by atoms with Gasteiger partial charge in [-0.25, -0.2) is 0 Å². The molecule has 2 atom stereocenters. The summed E-state index contributed by atoms with van der Waals surface area (Å²) in [5, 5.41) is 4.44. The van der Waals surface area contributed by atoms with Crippen molar-refractivity contribution in [3.8, 4) is 0 Å². The van der Waals surface area contributed by atoms with E-state index >= 15 is 0 Å². The van der Waals surface area contributed by atoms with Crippen LogP contribution in [0.5, 0.6) is 0 Å². The van der Waals surface area contributed by atoms with Crippen LogP contribution in [0.2, 0.25) is 5.02 Å². The second-order valence-electron chi connectivity index (χ2n) is 5.55. The van der Waals surface area contributed by atoms with E-state index in [1.807, 2.05) is 0 Å². The number of hydrogen-bond donors (Lipinski definition) is 1. The first-order chi connectivity index (χ1) is 8.45. The molecule has 0 aromatic heterocycles. The molecule has 2 unspecified atom stereocenters. The van der Waals surface area contributed by atoms with E-state index < -0.39 is 0 Å². The summed E-state index contributed by atoms with van der Waals surface area (Å²) in [5.74, 6) is 1.27. The molecule has 0 amide bonds. The van der Waals surface area contributed by atoms with Crippen molar-refractivity contribution in [2.24, 2.45) is 11.8 Å². The first-order valence-electron chi connectivity index (χ1n) is 6.94. The topological polar surface area (TPSA) is 12.0 Å². The van der Waals surface area contributed by atoms with Crippen molar-refractivity contribution in [3.05, 3.63) is 34.3 Å². The zero-order chi connectivity index (χ0) is 13.7. The van der Waals surface area contributed by atoms with Crippen LogP contribution >= 0.6 is 11.6 Å². The molecule has 0 bridgehead atoms. The van der Waals surface area contributed by atoms with Crippen molar-refractivity contribution in [1.82, 2.24) is 5.32 Å². The minimum absolute atomic E-state index is 0.521. The minimum atomic E-state index is 0.521. The summed E-state index contributed by atoms with van der Waals surface area (Å²) in [4.78, 5) is 0. The van der Waals surface area contributed by atoms with Gasteiger partial charge in [-0.2, -0.15) is 0 Å². The Morgan fingerprint density at radius 2 is 1.89 bits per heavy atom. The van der Waals surface area contributed by atoms with Gasteiger partial charge in [0.15, 0.2) is 0 Å². The molecule has 0 aliphatic heterocycles.